The summed E-state index contributed by atoms with van der Waals surface area (Å²) in [5.41, 5.74) is 5.23. The fraction of sp³-hybridized carbons (Fsp3) is 0.903. The van der Waals surface area contributed by atoms with Crippen molar-refractivity contribution in [1.82, 2.24) is 0 Å². The van der Waals surface area contributed by atoms with Crippen molar-refractivity contribution in [3.63, 3.8) is 0 Å². The van der Waals surface area contributed by atoms with Gasteiger partial charge in [0.2, 0.25) is 5.91 Å². The van der Waals surface area contributed by atoms with E-state index in [0.29, 0.717) is 32.1 Å². The van der Waals surface area contributed by atoms with Gasteiger partial charge in [-0.1, -0.05) is 117 Å². The first-order valence-electron chi connectivity index (χ1n) is 15.6. The van der Waals surface area contributed by atoms with E-state index >= 15 is 0 Å². The van der Waals surface area contributed by atoms with Crippen LogP contribution in [0.1, 0.15) is 155 Å². The van der Waals surface area contributed by atoms with E-state index in [9.17, 15) is 19.5 Å². The van der Waals surface area contributed by atoms with Crippen molar-refractivity contribution in [3.8, 4) is 0 Å². The lowest BCUT2D eigenvalue weighted by atomic mass is 9.77. The molecule has 1 amide bonds. The monoisotopic (exact) mass is 523 g/mol. The van der Waals surface area contributed by atoms with Gasteiger partial charge in [-0.05, 0) is 38.0 Å². The highest BCUT2D eigenvalue weighted by molar-refractivity contribution is 5.78. The van der Waals surface area contributed by atoms with Crippen LogP contribution in [0.15, 0.2) is 0 Å². The number of nitrogens with two attached hydrogens (primary N) is 1. The van der Waals surface area contributed by atoms with Crippen molar-refractivity contribution in [3.05, 3.63) is 0 Å². The second-order valence-electron chi connectivity index (χ2n) is 11.4. The molecule has 1 aliphatic rings. The van der Waals surface area contributed by atoms with Crippen LogP contribution in [0.3, 0.4) is 0 Å². The molecule has 0 aromatic carbocycles. The fourth-order valence-corrected chi connectivity index (χ4v) is 5.82. The SMILES string of the molecule is CCCCCCCCCCCCCCCCCC(C[C@@H]1OC(=O)[C@H]1CC)[C@H](CCCCC(N)=O)C(=O)O. The predicted octanol–water partition coefficient (Wildman–Crippen LogP) is 7.95. The highest BCUT2D eigenvalue weighted by atomic mass is 16.6. The van der Waals surface area contributed by atoms with Gasteiger partial charge in [-0.25, -0.2) is 0 Å². The molecule has 6 nitrogen and oxygen atoms in total. The Labute approximate surface area is 226 Å². The number of carbonyl (C=O) groups is 3. The van der Waals surface area contributed by atoms with Crippen molar-refractivity contribution >= 4 is 17.8 Å². The smallest absolute Gasteiger partial charge is 0.312 e. The maximum atomic E-state index is 12.1. The number of hydrogen-bond acceptors (Lipinski definition) is 4. The number of carbonyl (C=O) groups excluding carboxylic acids is 2. The molecule has 1 fully saturated rings. The summed E-state index contributed by atoms with van der Waals surface area (Å²) >= 11 is 0. The van der Waals surface area contributed by atoms with Crippen LogP contribution in [0.5, 0.6) is 0 Å². The number of carboxylic acids is 1. The van der Waals surface area contributed by atoms with Crippen molar-refractivity contribution in [1.29, 1.82) is 0 Å². The van der Waals surface area contributed by atoms with E-state index in [1.165, 1.54) is 83.5 Å². The molecule has 0 saturated carbocycles. The van der Waals surface area contributed by atoms with E-state index in [1.54, 1.807) is 0 Å². The lowest BCUT2D eigenvalue weighted by molar-refractivity contribution is -0.187. The van der Waals surface area contributed by atoms with Gasteiger partial charge < -0.3 is 15.6 Å². The van der Waals surface area contributed by atoms with Gasteiger partial charge in [0.05, 0.1) is 11.8 Å². The minimum atomic E-state index is -0.774. The molecule has 37 heavy (non-hydrogen) atoms. The quantitative estimate of drug-likeness (QED) is 0.0883. The molecule has 1 aliphatic heterocycles. The van der Waals surface area contributed by atoms with E-state index in [1.807, 2.05) is 6.92 Å². The molecule has 1 heterocycles. The highest BCUT2D eigenvalue weighted by Gasteiger charge is 2.43. The topological polar surface area (TPSA) is 107 Å². The van der Waals surface area contributed by atoms with Crippen molar-refractivity contribution in [2.24, 2.45) is 23.5 Å². The first kappa shape index (κ1) is 33.4. The number of esters is 1. The first-order chi connectivity index (χ1) is 17.9. The normalized spacial score (nSPS) is 18.7. The van der Waals surface area contributed by atoms with E-state index in [2.05, 4.69) is 6.92 Å². The summed E-state index contributed by atoms with van der Waals surface area (Å²) in [6.45, 7) is 4.25. The van der Waals surface area contributed by atoms with E-state index in [-0.39, 0.29) is 29.8 Å². The standard InChI is InChI=1S/C31H57NO5/c1-3-5-6-7-8-9-10-11-12-13-14-15-16-17-18-21-25(24-28-26(4-2)31(36)37-28)27(30(34)35)22-19-20-23-29(32)33/h25-28H,3-24H2,1-2H3,(H2,32,33)(H,34,35)/t25?,26-,27-,28-/m0/s1. The molecule has 0 radical (unpaired) electrons. The van der Waals surface area contributed by atoms with E-state index in [4.69, 9.17) is 10.5 Å². The van der Waals surface area contributed by atoms with Crippen LogP contribution >= 0.6 is 0 Å². The summed E-state index contributed by atoms with van der Waals surface area (Å²) in [5, 5.41) is 9.96. The Hall–Kier alpha value is -1.59. The molecular weight excluding hydrogens is 466 g/mol. The minimum absolute atomic E-state index is 0.000186. The number of primary amides is 1. The number of unbranched alkanes of at least 4 members (excludes halogenated alkanes) is 15. The number of aliphatic carboxylic acids is 1. The Morgan fingerprint density at radius 2 is 1.27 bits per heavy atom. The van der Waals surface area contributed by atoms with Crippen LogP contribution in [-0.2, 0) is 19.1 Å². The van der Waals surface area contributed by atoms with Crippen LogP contribution in [-0.4, -0.2) is 29.1 Å². The molecule has 0 aromatic rings. The number of amides is 1. The molecular formula is C31H57NO5. The lowest BCUT2D eigenvalue weighted by Crippen LogP contribution is -2.46. The number of cyclic esters (lactones) is 1. The number of carboxylic acid groups (broad SMARTS) is 1. The Bertz CT molecular complexity index is 623. The molecule has 0 bridgehead atoms. The summed E-state index contributed by atoms with van der Waals surface area (Å²) in [6.07, 6.45) is 23.9. The number of rotatable bonds is 26. The van der Waals surface area contributed by atoms with Crippen LogP contribution in [0.2, 0.25) is 0 Å². The van der Waals surface area contributed by atoms with E-state index in [0.717, 1.165) is 25.7 Å². The van der Waals surface area contributed by atoms with Crippen LogP contribution in [0, 0.1) is 17.8 Å². The minimum Gasteiger partial charge on any atom is -0.481 e. The lowest BCUT2D eigenvalue weighted by Gasteiger charge is -2.38. The molecule has 0 aromatic heterocycles. The van der Waals surface area contributed by atoms with Crippen molar-refractivity contribution in [2.45, 2.75) is 161 Å². The van der Waals surface area contributed by atoms with Gasteiger partial charge >= 0.3 is 11.9 Å². The molecule has 1 rings (SSSR count). The van der Waals surface area contributed by atoms with Crippen LogP contribution < -0.4 is 5.73 Å². The van der Waals surface area contributed by atoms with Gasteiger partial charge in [0.1, 0.15) is 6.10 Å². The molecule has 216 valence electrons. The van der Waals surface area contributed by atoms with Crippen LogP contribution in [0.4, 0.5) is 0 Å². The van der Waals surface area contributed by atoms with Gasteiger partial charge in [-0.15, -0.1) is 0 Å². The van der Waals surface area contributed by atoms with Gasteiger partial charge in [0.25, 0.3) is 0 Å². The summed E-state index contributed by atoms with van der Waals surface area (Å²) in [4.78, 5) is 34.9. The average molecular weight is 524 g/mol. The summed E-state index contributed by atoms with van der Waals surface area (Å²) < 4.78 is 5.40. The third-order valence-corrected chi connectivity index (χ3v) is 8.25. The fourth-order valence-electron chi connectivity index (χ4n) is 5.82. The molecule has 1 unspecified atom stereocenters. The Balaban J connectivity index is 2.28. The zero-order valence-electron chi connectivity index (χ0n) is 24.0. The molecule has 3 N–H and O–H groups in total. The Morgan fingerprint density at radius 1 is 0.784 bits per heavy atom. The van der Waals surface area contributed by atoms with E-state index < -0.39 is 11.9 Å². The summed E-state index contributed by atoms with van der Waals surface area (Å²) in [5.74, 6) is -1.81. The molecule has 0 aliphatic carbocycles. The third-order valence-electron chi connectivity index (χ3n) is 8.25. The maximum Gasteiger partial charge on any atom is 0.312 e. The summed E-state index contributed by atoms with van der Waals surface area (Å²) in [6, 6.07) is 0. The average Bonchev–Trinajstić information content (AvgIpc) is 2.85. The number of hydrogen-bond donors (Lipinski definition) is 2. The second kappa shape index (κ2) is 21.4. The van der Waals surface area contributed by atoms with Crippen molar-refractivity contribution < 1.29 is 24.2 Å². The van der Waals surface area contributed by atoms with Crippen LogP contribution in [0.25, 0.3) is 0 Å². The highest BCUT2D eigenvalue weighted by Crippen LogP contribution is 2.36. The number of ether oxygens (including phenoxy) is 1. The zero-order valence-corrected chi connectivity index (χ0v) is 24.0. The third kappa shape index (κ3) is 15.4. The first-order valence-corrected chi connectivity index (χ1v) is 15.6. The van der Waals surface area contributed by atoms with Crippen molar-refractivity contribution in [2.75, 3.05) is 0 Å². The van der Waals surface area contributed by atoms with Gasteiger partial charge in [0.15, 0.2) is 0 Å². The zero-order chi connectivity index (χ0) is 27.3. The molecule has 0 spiro atoms. The molecule has 6 heteroatoms. The predicted molar refractivity (Wildman–Crippen MR) is 150 cm³/mol. The Morgan fingerprint density at radius 3 is 1.70 bits per heavy atom. The maximum absolute atomic E-state index is 12.1. The van der Waals surface area contributed by atoms with Gasteiger partial charge in [0, 0.05) is 6.42 Å². The molecule has 1 saturated heterocycles. The molecule has 4 atom stereocenters. The second-order valence-corrected chi connectivity index (χ2v) is 11.4. The largest absolute Gasteiger partial charge is 0.481 e. The van der Waals surface area contributed by atoms with Gasteiger partial charge in [-0.3, -0.25) is 14.4 Å². The summed E-state index contributed by atoms with van der Waals surface area (Å²) in [7, 11) is 0. The Kier molecular flexibility index (Phi) is 19.3. The van der Waals surface area contributed by atoms with Gasteiger partial charge in [-0.2, -0.15) is 0 Å².